The van der Waals surface area contributed by atoms with Crippen molar-refractivity contribution < 1.29 is 14.3 Å². The maximum atomic E-state index is 13.2. The van der Waals surface area contributed by atoms with Crippen molar-refractivity contribution in [1.29, 1.82) is 0 Å². The van der Waals surface area contributed by atoms with Gasteiger partial charge in [-0.25, -0.2) is 0 Å². The van der Waals surface area contributed by atoms with E-state index in [-0.39, 0.29) is 11.2 Å². The second kappa shape index (κ2) is 10.5. The predicted molar refractivity (Wildman–Crippen MR) is 135 cm³/mol. The molecule has 1 atom stereocenters. The third-order valence-electron chi connectivity index (χ3n) is 5.56. The number of methoxy groups -OCH3 is 2. The van der Waals surface area contributed by atoms with Crippen molar-refractivity contribution >= 4 is 39.8 Å². The Labute approximate surface area is 198 Å². The van der Waals surface area contributed by atoms with Crippen molar-refractivity contribution in [2.45, 2.75) is 31.6 Å². The number of nitrogens with zero attached hydrogens (tertiary/aromatic N) is 3. The van der Waals surface area contributed by atoms with E-state index >= 15 is 0 Å². The number of thioether (sulfide) groups is 1. The summed E-state index contributed by atoms with van der Waals surface area (Å²) in [5.41, 5.74) is 1.87. The molecule has 33 heavy (non-hydrogen) atoms. The number of fused-ring (bicyclic) bond motifs is 1. The molecule has 0 aromatic heterocycles. The minimum Gasteiger partial charge on any atom is -0.497 e. The van der Waals surface area contributed by atoms with Crippen molar-refractivity contribution in [2.75, 3.05) is 14.2 Å². The molecule has 0 spiro atoms. The van der Waals surface area contributed by atoms with E-state index in [0.717, 1.165) is 34.7 Å². The molecule has 0 radical (unpaired) electrons. The van der Waals surface area contributed by atoms with E-state index in [1.807, 2.05) is 30.3 Å². The first-order chi connectivity index (χ1) is 16.1. The van der Waals surface area contributed by atoms with Gasteiger partial charge in [0.25, 0.3) is 0 Å². The van der Waals surface area contributed by atoms with Gasteiger partial charge in [0.15, 0.2) is 5.17 Å². The molecule has 1 amide bonds. The van der Waals surface area contributed by atoms with Crippen LogP contribution < -0.4 is 9.47 Å². The number of carbonyl (C=O) groups is 1. The fraction of sp³-hybridized carbons (Fsp3) is 0.269. The molecule has 4 rings (SSSR count). The standard InChI is InChI=1S/C26H27N3O3S/c1-4-8-24-25(30)29(17-20-11-7-10-18-9-5-6-12-22(18)20)26(33-24)28-27-16-19-13-14-21(31-2)15-23(19)32-3/h5-7,9-16,24H,4,8,17H2,1-3H3/b27-16-,28-26+/t24-/m0/s1. The molecule has 3 aromatic rings. The molecular weight excluding hydrogens is 434 g/mol. The highest BCUT2D eigenvalue weighted by atomic mass is 32.2. The van der Waals surface area contributed by atoms with Crippen molar-refractivity contribution in [3.8, 4) is 11.5 Å². The molecule has 1 heterocycles. The number of ether oxygens (including phenoxy) is 2. The average Bonchev–Trinajstić information content (AvgIpc) is 3.14. The Morgan fingerprint density at radius 1 is 1.06 bits per heavy atom. The summed E-state index contributed by atoms with van der Waals surface area (Å²) in [5, 5.41) is 11.5. The van der Waals surface area contributed by atoms with Gasteiger partial charge in [0, 0.05) is 11.6 Å². The number of amidine groups is 1. The van der Waals surface area contributed by atoms with Crippen LogP contribution in [0.15, 0.2) is 70.9 Å². The van der Waals surface area contributed by atoms with Crippen LogP contribution in [-0.2, 0) is 11.3 Å². The average molecular weight is 462 g/mol. The normalized spacial score (nSPS) is 17.4. The summed E-state index contributed by atoms with van der Waals surface area (Å²) in [6.07, 6.45) is 3.38. The number of amides is 1. The largest absolute Gasteiger partial charge is 0.497 e. The van der Waals surface area contributed by atoms with E-state index in [1.54, 1.807) is 31.4 Å². The zero-order chi connectivity index (χ0) is 23.2. The Bertz CT molecular complexity index is 1200. The lowest BCUT2D eigenvalue weighted by atomic mass is 10.0. The van der Waals surface area contributed by atoms with E-state index in [9.17, 15) is 4.79 Å². The summed E-state index contributed by atoms with van der Waals surface area (Å²) in [5.74, 6) is 1.44. The molecule has 170 valence electrons. The van der Waals surface area contributed by atoms with Crippen molar-refractivity contribution in [2.24, 2.45) is 10.2 Å². The number of hydrogen-bond acceptors (Lipinski definition) is 6. The van der Waals surface area contributed by atoms with Gasteiger partial charge in [-0.1, -0.05) is 67.6 Å². The first kappa shape index (κ1) is 22.9. The maximum absolute atomic E-state index is 13.2. The maximum Gasteiger partial charge on any atom is 0.242 e. The van der Waals surface area contributed by atoms with Gasteiger partial charge >= 0.3 is 0 Å². The lowest BCUT2D eigenvalue weighted by molar-refractivity contribution is -0.126. The van der Waals surface area contributed by atoms with E-state index in [2.05, 4.69) is 41.4 Å². The lowest BCUT2D eigenvalue weighted by Gasteiger charge is -2.17. The molecule has 1 fully saturated rings. The molecule has 6 nitrogen and oxygen atoms in total. The van der Waals surface area contributed by atoms with Crippen LogP contribution in [0.5, 0.6) is 11.5 Å². The number of rotatable bonds is 8. The lowest BCUT2D eigenvalue weighted by Crippen LogP contribution is -2.31. The molecule has 0 bridgehead atoms. The summed E-state index contributed by atoms with van der Waals surface area (Å²) in [6, 6.07) is 19.9. The van der Waals surface area contributed by atoms with Crippen LogP contribution in [-0.4, -0.2) is 41.7 Å². The summed E-state index contributed by atoms with van der Waals surface area (Å²) >= 11 is 1.49. The van der Waals surface area contributed by atoms with E-state index in [1.165, 1.54) is 11.8 Å². The van der Waals surface area contributed by atoms with Gasteiger partial charge in [0.1, 0.15) is 11.5 Å². The molecule has 0 unspecified atom stereocenters. The quantitative estimate of drug-likeness (QED) is 0.329. The van der Waals surface area contributed by atoms with Crippen molar-refractivity contribution in [3.63, 3.8) is 0 Å². The Kier molecular flexibility index (Phi) is 7.29. The minimum atomic E-state index is -0.130. The zero-order valence-corrected chi connectivity index (χ0v) is 19.8. The first-order valence-electron chi connectivity index (χ1n) is 10.9. The van der Waals surface area contributed by atoms with Gasteiger partial charge in [0.2, 0.25) is 5.91 Å². The van der Waals surface area contributed by atoms with Crippen LogP contribution >= 0.6 is 11.8 Å². The molecular formula is C26H27N3O3S. The monoisotopic (exact) mass is 461 g/mol. The van der Waals surface area contributed by atoms with Crippen molar-refractivity contribution in [1.82, 2.24) is 4.90 Å². The Morgan fingerprint density at radius 3 is 2.67 bits per heavy atom. The Morgan fingerprint density at radius 2 is 1.88 bits per heavy atom. The minimum absolute atomic E-state index is 0.0887. The predicted octanol–water partition coefficient (Wildman–Crippen LogP) is 5.49. The fourth-order valence-corrected chi connectivity index (χ4v) is 5.06. The highest BCUT2D eigenvalue weighted by molar-refractivity contribution is 8.15. The van der Waals surface area contributed by atoms with Crippen molar-refractivity contribution in [3.05, 3.63) is 71.8 Å². The summed E-state index contributed by atoms with van der Waals surface area (Å²) in [7, 11) is 3.21. The van der Waals surface area contributed by atoms with Crippen LogP contribution in [0.2, 0.25) is 0 Å². The second-order valence-corrected chi connectivity index (χ2v) is 8.86. The summed E-state index contributed by atoms with van der Waals surface area (Å²) in [6.45, 7) is 2.56. The highest BCUT2D eigenvalue weighted by Crippen LogP contribution is 2.33. The highest BCUT2D eigenvalue weighted by Gasteiger charge is 2.37. The molecule has 3 aromatic carbocycles. The van der Waals surface area contributed by atoms with Gasteiger partial charge in [0.05, 0.1) is 32.2 Å². The van der Waals surface area contributed by atoms with Gasteiger partial charge in [-0.15, -0.1) is 5.10 Å². The van der Waals surface area contributed by atoms with E-state index in [4.69, 9.17) is 9.47 Å². The summed E-state index contributed by atoms with van der Waals surface area (Å²) < 4.78 is 10.7. The molecule has 1 aliphatic rings. The third-order valence-corrected chi connectivity index (χ3v) is 6.79. The second-order valence-electron chi connectivity index (χ2n) is 7.69. The summed E-state index contributed by atoms with van der Waals surface area (Å²) in [4.78, 5) is 14.9. The molecule has 1 aliphatic heterocycles. The Balaban J connectivity index is 1.63. The molecule has 1 saturated heterocycles. The molecule has 0 saturated carbocycles. The number of carbonyl (C=O) groups excluding carboxylic acids is 1. The van der Waals surface area contributed by atoms with Gasteiger partial charge in [-0.05, 0) is 34.9 Å². The number of benzene rings is 3. The SMILES string of the molecule is CCC[C@@H]1S/C(=N/N=C\c2ccc(OC)cc2OC)N(Cc2cccc3ccccc23)C1=O. The van der Waals surface area contributed by atoms with Gasteiger partial charge < -0.3 is 9.47 Å². The zero-order valence-electron chi connectivity index (χ0n) is 19.0. The number of hydrogen-bond donors (Lipinski definition) is 0. The topological polar surface area (TPSA) is 63.5 Å². The first-order valence-corrected chi connectivity index (χ1v) is 11.8. The molecule has 0 aliphatic carbocycles. The van der Waals surface area contributed by atoms with Crippen LogP contribution in [0.1, 0.15) is 30.9 Å². The van der Waals surface area contributed by atoms with Crippen LogP contribution in [0.25, 0.3) is 10.8 Å². The Hall–Kier alpha value is -3.32. The van der Waals surface area contributed by atoms with Crippen LogP contribution in [0.4, 0.5) is 0 Å². The van der Waals surface area contributed by atoms with E-state index < -0.39 is 0 Å². The smallest absolute Gasteiger partial charge is 0.242 e. The van der Waals surface area contributed by atoms with Crippen LogP contribution in [0.3, 0.4) is 0 Å². The third kappa shape index (κ3) is 5.03. The fourth-order valence-electron chi connectivity index (χ4n) is 3.84. The van der Waals surface area contributed by atoms with Gasteiger partial charge in [-0.2, -0.15) is 5.10 Å². The van der Waals surface area contributed by atoms with Crippen LogP contribution in [0, 0.1) is 0 Å². The van der Waals surface area contributed by atoms with Gasteiger partial charge in [-0.3, -0.25) is 9.69 Å². The molecule has 0 N–H and O–H groups in total. The van der Waals surface area contributed by atoms with E-state index in [0.29, 0.717) is 23.2 Å². The molecule has 7 heteroatoms.